The lowest BCUT2D eigenvalue weighted by molar-refractivity contribution is -0.122. The first-order chi connectivity index (χ1) is 12.5. The number of nitrogens with one attached hydrogen (secondary N) is 2. The van der Waals surface area contributed by atoms with Crippen LogP contribution in [-0.4, -0.2) is 23.4 Å². The van der Waals surface area contributed by atoms with Crippen molar-refractivity contribution in [1.29, 1.82) is 0 Å². The van der Waals surface area contributed by atoms with Gasteiger partial charge in [0.2, 0.25) is 5.91 Å². The molecule has 0 aliphatic heterocycles. The SMILES string of the molecule is Cc1ccc(F)c(OCC(=O)Nc2ccc(NC(=O)C3CCC3)cn2)c1. The molecule has 3 rings (SSSR count). The van der Waals surface area contributed by atoms with Crippen molar-refractivity contribution in [3.05, 3.63) is 47.9 Å². The number of benzene rings is 1. The van der Waals surface area contributed by atoms with Gasteiger partial charge in [0.1, 0.15) is 5.82 Å². The summed E-state index contributed by atoms with van der Waals surface area (Å²) in [4.78, 5) is 27.9. The fraction of sp³-hybridized carbons (Fsp3) is 0.316. The first-order valence-electron chi connectivity index (χ1n) is 8.47. The van der Waals surface area contributed by atoms with E-state index in [1.54, 1.807) is 18.2 Å². The predicted molar refractivity (Wildman–Crippen MR) is 95.5 cm³/mol. The molecule has 6 nitrogen and oxygen atoms in total. The second-order valence-corrected chi connectivity index (χ2v) is 6.32. The maximum Gasteiger partial charge on any atom is 0.263 e. The van der Waals surface area contributed by atoms with Gasteiger partial charge in [-0.1, -0.05) is 12.5 Å². The number of hydrogen-bond donors (Lipinski definition) is 2. The van der Waals surface area contributed by atoms with Gasteiger partial charge in [-0.25, -0.2) is 9.37 Å². The van der Waals surface area contributed by atoms with Gasteiger partial charge < -0.3 is 15.4 Å². The summed E-state index contributed by atoms with van der Waals surface area (Å²) in [6.45, 7) is 1.48. The number of hydrogen-bond acceptors (Lipinski definition) is 4. The van der Waals surface area contributed by atoms with Crippen molar-refractivity contribution in [2.24, 2.45) is 5.92 Å². The first kappa shape index (κ1) is 17.8. The summed E-state index contributed by atoms with van der Waals surface area (Å²) in [6.07, 6.45) is 4.42. The van der Waals surface area contributed by atoms with Crippen LogP contribution in [0.25, 0.3) is 0 Å². The topological polar surface area (TPSA) is 80.3 Å². The Labute approximate surface area is 150 Å². The molecule has 1 heterocycles. The standard InChI is InChI=1S/C19H20FN3O3/c1-12-5-7-15(20)16(9-12)26-11-18(24)23-17-8-6-14(10-21-17)22-19(25)13-3-2-4-13/h5-10,13H,2-4,11H2,1H3,(H,22,25)(H,21,23,24). The van der Waals surface area contributed by atoms with Crippen LogP contribution in [-0.2, 0) is 9.59 Å². The molecule has 1 aliphatic carbocycles. The molecule has 0 bridgehead atoms. The van der Waals surface area contributed by atoms with Crippen molar-refractivity contribution in [2.45, 2.75) is 26.2 Å². The molecule has 0 atom stereocenters. The lowest BCUT2D eigenvalue weighted by atomic mass is 9.85. The van der Waals surface area contributed by atoms with Gasteiger partial charge in [0.15, 0.2) is 18.2 Å². The molecular formula is C19H20FN3O3. The largest absolute Gasteiger partial charge is 0.481 e. The molecule has 0 saturated heterocycles. The molecule has 136 valence electrons. The Kier molecular flexibility index (Phi) is 5.46. The highest BCUT2D eigenvalue weighted by Gasteiger charge is 2.25. The van der Waals surface area contributed by atoms with Crippen LogP contribution in [0.1, 0.15) is 24.8 Å². The minimum Gasteiger partial charge on any atom is -0.481 e. The number of nitrogens with zero attached hydrogens (tertiary/aromatic N) is 1. The van der Waals surface area contributed by atoms with Crippen LogP contribution >= 0.6 is 0 Å². The predicted octanol–water partition coefficient (Wildman–Crippen LogP) is 3.29. The zero-order chi connectivity index (χ0) is 18.5. The molecule has 1 aliphatic rings. The van der Waals surface area contributed by atoms with Crippen molar-refractivity contribution >= 4 is 23.3 Å². The van der Waals surface area contributed by atoms with Crippen LogP contribution in [0, 0.1) is 18.7 Å². The number of aryl methyl sites for hydroxylation is 1. The zero-order valence-corrected chi connectivity index (χ0v) is 14.4. The Morgan fingerprint density at radius 2 is 2.04 bits per heavy atom. The minimum atomic E-state index is -0.520. The summed E-state index contributed by atoms with van der Waals surface area (Å²) in [7, 11) is 0. The Bertz CT molecular complexity index is 804. The van der Waals surface area contributed by atoms with Gasteiger partial charge in [0.05, 0.1) is 11.9 Å². The van der Waals surface area contributed by atoms with Crippen LogP contribution < -0.4 is 15.4 Å². The molecule has 7 heteroatoms. The van der Waals surface area contributed by atoms with Gasteiger partial charge in [0.25, 0.3) is 5.91 Å². The summed E-state index contributed by atoms with van der Waals surface area (Å²) in [5.41, 5.74) is 1.42. The average Bonchev–Trinajstić information content (AvgIpc) is 2.56. The normalized spacial score (nSPS) is 13.6. The third kappa shape index (κ3) is 4.56. The van der Waals surface area contributed by atoms with E-state index in [-0.39, 0.29) is 24.2 Å². The number of rotatable bonds is 6. The van der Waals surface area contributed by atoms with Gasteiger partial charge in [-0.15, -0.1) is 0 Å². The number of carbonyl (C=O) groups excluding carboxylic acids is 2. The van der Waals surface area contributed by atoms with Crippen LogP contribution in [0.4, 0.5) is 15.9 Å². The lowest BCUT2D eigenvalue weighted by Gasteiger charge is -2.23. The summed E-state index contributed by atoms with van der Waals surface area (Å²) in [6, 6.07) is 7.69. The average molecular weight is 357 g/mol. The quantitative estimate of drug-likeness (QED) is 0.831. The van der Waals surface area contributed by atoms with E-state index in [1.807, 2.05) is 6.92 Å². The number of ether oxygens (including phenoxy) is 1. The van der Waals surface area contributed by atoms with Gasteiger partial charge in [-0.3, -0.25) is 9.59 Å². The Morgan fingerprint density at radius 3 is 2.69 bits per heavy atom. The highest BCUT2D eigenvalue weighted by molar-refractivity contribution is 5.93. The molecule has 1 aromatic heterocycles. The van der Waals surface area contributed by atoms with E-state index < -0.39 is 11.7 Å². The second-order valence-electron chi connectivity index (χ2n) is 6.32. The number of aromatic nitrogens is 1. The highest BCUT2D eigenvalue weighted by Crippen LogP contribution is 2.27. The molecule has 1 aromatic carbocycles. The van der Waals surface area contributed by atoms with Crippen molar-refractivity contribution in [3.63, 3.8) is 0 Å². The summed E-state index contributed by atoms with van der Waals surface area (Å²) in [5, 5.41) is 5.36. The van der Waals surface area contributed by atoms with Crippen LogP contribution in [0.5, 0.6) is 5.75 Å². The van der Waals surface area contributed by atoms with Crippen molar-refractivity contribution in [2.75, 3.05) is 17.2 Å². The number of amides is 2. The molecule has 2 amide bonds. The molecule has 1 fully saturated rings. The van der Waals surface area contributed by atoms with Crippen molar-refractivity contribution < 1.29 is 18.7 Å². The number of carbonyl (C=O) groups is 2. The Morgan fingerprint density at radius 1 is 1.23 bits per heavy atom. The molecule has 0 unspecified atom stereocenters. The third-order valence-corrected chi connectivity index (χ3v) is 4.22. The van der Waals surface area contributed by atoms with E-state index in [2.05, 4.69) is 15.6 Å². The molecule has 0 spiro atoms. The molecule has 2 N–H and O–H groups in total. The number of pyridine rings is 1. The first-order valence-corrected chi connectivity index (χ1v) is 8.47. The molecule has 1 saturated carbocycles. The van der Waals surface area contributed by atoms with Crippen LogP contribution in [0.3, 0.4) is 0 Å². The Hall–Kier alpha value is -2.96. The van der Waals surface area contributed by atoms with E-state index in [4.69, 9.17) is 4.74 Å². The number of halogens is 1. The zero-order valence-electron chi connectivity index (χ0n) is 14.4. The van der Waals surface area contributed by atoms with Gasteiger partial charge in [-0.2, -0.15) is 0 Å². The van der Waals surface area contributed by atoms with E-state index >= 15 is 0 Å². The van der Waals surface area contributed by atoms with Gasteiger partial charge in [-0.05, 0) is 49.6 Å². The van der Waals surface area contributed by atoms with Crippen LogP contribution in [0.2, 0.25) is 0 Å². The molecule has 26 heavy (non-hydrogen) atoms. The maximum atomic E-state index is 13.6. The smallest absolute Gasteiger partial charge is 0.263 e. The lowest BCUT2D eigenvalue weighted by Crippen LogP contribution is -2.28. The van der Waals surface area contributed by atoms with Crippen LogP contribution in [0.15, 0.2) is 36.5 Å². The van der Waals surface area contributed by atoms with Crippen molar-refractivity contribution in [3.8, 4) is 5.75 Å². The fourth-order valence-corrected chi connectivity index (χ4v) is 2.50. The number of anilines is 2. The molecule has 0 radical (unpaired) electrons. The van der Waals surface area contributed by atoms with Gasteiger partial charge in [0, 0.05) is 5.92 Å². The van der Waals surface area contributed by atoms with E-state index in [0.717, 1.165) is 24.8 Å². The van der Waals surface area contributed by atoms with Gasteiger partial charge >= 0.3 is 0 Å². The summed E-state index contributed by atoms with van der Waals surface area (Å²) < 4.78 is 18.8. The van der Waals surface area contributed by atoms with E-state index in [1.165, 1.54) is 18.3 Å². The van der Waals surface area contributed by atoms with E-state index in [0.29, 0.717) is 11.5 Å². The summed E-state index contributed by atoms with van der Waals surface area (Å²) >= 11 is 0. The van der Waals surface area contributed by atoms with E-state index in [9.17, 15) is 14.0 Å². The minimum absolute atomic E-state index is 0.00316. The highest BCUT2D eigenvalue weighted by atomic mass is 19.1. The summed E-state index contributed by atoms with van der Waals surface area (Å²) in [5.74, 6) is -0.526. The molecular weight excluding hydrogens is 337 g/mol. The monoisotopic (exact) mass is 357 g/mol. The second kappa shape index (κ2) is 7.95. The Balaban J connectivity index is 1.49. The maximum absolute atomic E-state index is 13.6. The van der Waals surface area contributed by atoms with Crippen molar-refractivity contribution in [1.82, 2.24) is 4.98 Å². The third-order valence-electron chi connectivity index (χ3n) is 4.22. The molecule has 2 aromatic rings. The fourth-order valence-electron chi connectivity index (χ4n) is 2.50.